The molecule has 0 radical (unpaired) electrons. The molecule has 32 heavy (non-hydrogen) atoms. The molecule has 2 heterocycles. The lowest BCUT2D eigenvalue weighted by molar-refractivity contribution is -0.121. The number of benzene rings is 2. The van der Waals surface area contributed by atoms with Crippen molar-refractivity contribution < 1.29 is 18.8 Å². The molecular weight excluding hydrogens is 432 g/mol. The second-order valence-corrected chi connectivity index (χ2v) is 8.09. The van der Waals surface area contributed by atoms with Crippen molar-refractivity contribution in [3.8, 4) is 22.9 Å². The normalized spacial score (nSPS) is 16.5. The van der Waals surface area contributed by atoms with Crippen LogP contribution in [0.5, 0.6) is 11.5 Å². The van der Waals surface area contributed by atoms with Gasteiger partial charge in [-0.15, -0.1) is 0 Å². The topological polar surface area (TPSA) is 89.7 Å². The van der Waals surface area contributed by atoms with Crippen LogP contribution in [0.3, 0.4) is 0 Å². The molecule has 1 atom stereocenters. The van der Waals surface area contributed by atoms with E-state index in [0.717, 1.165) is 24.9 Å². The Kier molecular flexibility index (Phi) is 6.92. The van der Waals surface area contributed by atoms with Gasteiger partial charge in [-0.3, -0.25) is 9.69 Å². The van der Waals surface area contributed by atoms with Crippen LogP contribution in [0.4, 0.5) is 5.69 Å². The lowest BCUT2D eigenvalue weighted by atomic mass is 9.97. The van der Waals surface area contributed by atoms with E-state index in [1.54, 1.807) is 32.4 Å². The van der Waals surface area contributed by atoms with Gasteiger partial charge in [0.15, 0.2) is 11.5 Å². The van der Waals surface area contributed by atoms with Crippen LogP contribution in [0.2, 0.25) is 5.02 Å². The van der Waals surface area contributed by atoms with Crippen LogP contribution in [0.15, 0.2) is 47.0 Å². The molecule has 168 valence electrons. The molecular formula is C23H25ClN4O4. The Morgan fingerprint density at radius 2 is 2.06 bits per heavy atom. The van der Waals surface area contributed by atoms with Gasteiger partial charge in [0.2, 0.25) is 17.6 Å². The lowest BCUT2D eigenvalue weighted by Crippen LogP contribution is -2.40. The largest absolute Gasteiger partial charge is 0.493 e. The fraction of sp³-hybridized carbons (Fsp3) is 0.348. The van der Waals surface area contributed by atoms with Crippen LogP contribution in [0.1, 0.15) is 18.7 Å². The van der Waals surface area contributed by atoms with E-state index in [1.165, 1.54) is 0 Å². The summed E-state index contributed by atoms with van der Waals surface area (Å²) in [6.45, 7) is 1.98. The summed E-state index contributed by atoms with van der Waals surface area (Å²) < 4.78 is 16.1. The Bertz CT molecular complexity index is 1090. The van der Waals surface area contributed by atoms with Crippen LogP contribution < -0.4 is 14.8 Å². The van der Waals surface area contributed by atoms with Crippen molar-refractivity contribution in [2.24, 2.45) is 5.92 Å². The van der Waals surface area contributed by atoms with Crippen molar-refractivity contribution in [1.29, 1.82) is 0 Å². The third-order valence-electron chi connectivity index (χ3n) is 5.44. The van der Waals surface area contributed by atoms with Crippen molar-refractivity contribution in [3.63, 3.8) is 0 Å². The first-order valence-corrected chi connectivity index (χ1v) is 10.8. The highest BCUT2D eigenvalue weighted by molar-refractivity contribution is 6.30. The number of rotatable bonds is 7. The van der Waals surface area contributed by atoms with E-state index in [4.69, 9.17) is 25.6 Å². The minimum absolute atomic E-state index is 0.00601. The molecule has 2 aromatic carbocycles. The summed E-state index contributed by atoms with van der Waals surface area (Å²) in [6, 6.07) is 12.6. The highest BCUT2D eigenvalue weighted by Gasteiger charge is 2.27. The van der Waals surface area contributed by atoms with Gasteiger partial charge < -0.3 is 19.3 Å². The number of carbonyl (C=O) groups excluding carboxylic acids is 1. The Morgan fingerprint density at radius 3 is 2.84 bits per heavy atom. The maximum Gasteiger partial charge on any atom is 0.241 e. The Hall–Kier alpha value is -3.10. The Balaban J connectivity index is 1.38. The van der Waals surface area contributed by atoms with E-state index in [9.17, 15) is 4.79 Å². The summed E-state index contributed by atoms with van der Waals surface area (Å²) in [5, 5.41) is 7.65. The lowest BCUT2D eigenvalue weighted by Gasteiger charge is -2.30. The molecule has 8 nitrogen and oxygen atoms in total. The maximum absolute atomic E-state index is 12.7. The SMILES string of the molecule is COc1ccc(-c2noc(CN3CCC[C@H](C(=O)Nc4cccc(Cl)c4)C3)n2)cc1OC. The molecule has 1 amide bonds. The highest BCUT2D eigenvalue weighted by Crippen LogP contribution is 2.31. The smallest absolute Gasteiger partial charge is 0.241 e. The number of hydrogen-bond donors (Lipinski definition) is 1. The molecule has 1 N–H and O–H groups in total. The first kappa shape index (κ1) is 22.1. The van der Waals surface area contributed by atoms with E-state index in [1.807, 2.05) is 24.3 Å². The van der Waals surface area contributed by atoms with E-state index >= 15 is 0 Å². The number of nitrogens with zero attached hydrogens (tertiary/aromatic N) is 3. The zero-order valence-corrected chi connectivity index (χ0v) is 18.8. The Morgan fingerprint density at radius 1 is 1.22 bits per heavy atom. The molecule has 1 fully saturated rings. The van der Waals surface area contributed by atoms with Gasteiger partial charge in [-0.05, 0) is 55.8 Å². The molecule has 1 saturated heterocycles. The van der Waals surface area contributed by atoms with Crippen molar-refractivity contribution in [1.82, 2.24) is 15.0 Å². The molecule has 0 unspecified atom stereocenters. The van der Waals surface area contributed by atoms with Crippen LogP contribution in [0, 0.1) is 5.92 Å². The van der Waals surface area contributed by atoms with Crippen molar-refractivity contribution in [2.45, 2.75) is 19.4 Å². The summed E-state index contributed by atoms with van der Waals surface area (Å²) in [5.41, 5.74) is 1.48. The zero-order valence-electron chi connectivity index (χ0n) is 18.0. The summed E-state index contributed by atoms with van der Waals surface area (Å²) >= 11 is 6.01. The third-order valence-corrected chi connectivity index (χ3v) is 5.67. The van der Waals surface area contributed by atoms with Crippen molar-refractivity contribution in [2.75, 3.05) is 32.6 Å². The van der Waals surface area contributed by atoms with Crippen molar-refractivity contribution >= 4 is 23.2 Å². The number of carbonyl (C=O) groups is 1. The number of halogens is 1. The number of amides is 1. The minimum atomic E-state index is -0.115. The molecule has 1 aliphatic rings. The summed E-state index contributed by atoms with van der Waals surface area (Å²) in [7, 11) is 3.17. The molecule has 0 bridgehead atoms. The first-order valence-electron chi connectivity index (χ1n) is 10.4. The molecule has 1 aliphatic heterocycles. The fourth-order valence-corrected chi connectivity index (χ4v) is 4.02. The first-order chi connectivity index (χ1) is 15.6. The van der Waals surface area contributed by atoms with Gasteiger partial charge in [-0.1, -0.05) is 22.8 Å². The number of ether oxygens (including phenoxy) is 2. The van der Waals surface area contributed by atoms with Gasteiger partial charge in [0.25, 0.3) is 0 Å². The van der Waals surface area contributed by atoms with Crippen molar-refractivity contribution in [3.05, 3.63) is 53.4 Å². The molecule has 1 aromatic heterocycles. The van der Waals surface area contributed by atoms with Crippen LogP contribution in [0.25, 0.3) is 11.4 Å². The van der Waals surface area contributed by atoms with E-state index in [0.29, 0.717) is 47.0 Å². The number of nitrogens with one attached hydrogen (secondary N) is 1. The van der Waals surface area contributed by atoms with E-state index in [2.05, 4.69) is 20.4 Å². The van der Waals surface area contributed by atoms with E-state index in [-0.39, 0.29) is 11.8 Å². The number of anilines is 1. The monoisotopic (exact) mass is 456 g/mol. The highest BCUT2D eigenvalue weighted by atomic mass is 35.5. The van der Waals surface area contributed by atoms with Gasteiger partial charge in [-0.2, -0.15) is 4.98 Å². The molecule has 0 spiro atoms. The maximum atomic E-state index is 12.7. The van der Waals surface area contributed by atoms with Gasteiger partial charge in [-0.25, -0.2) is 0 Å². The summed E-state index contributed by atoms with van der Waals surface area (Å²) in [6.07, 6.45) is 1.76. The number of aromatic nitrogens is 2. The standard InChI is InChI=1S/C23H25ClN4O4/c1-30-19-9-8-15(11-20(19)31-2)22-26-21(32-27-22)14-28-10-4-5-16(13-28)23(29)25-18-7-3-6-17(24)12-18/h3,6-9,11-12,16H,4-5,10,13-14H2,1-2H3,(H,25,29)/t16-/m0/s1. The predicted octanol–water partition coefficient (Wildman–Crippen LogP) is 4.26. The molecule has 0 saturated carbocycles. The van der Waals surface area contributed by atoms with Gasteiger partial charge in [0.1, 0.15) is 0 Å². The van der Waals surface area contributed by atoms with Crippen LogP contribution >= 0.6 is 11.6 Å². The number of likely N-dealkylation sites (tertiary alicyclic amines) is 1. The molecule has 3 aromatic rings. The number of piperidine rings is 1. The molecule has 9 heteroatoms. The second kappa shape index (κ2) is 10.0. The van der Waals surface area contributed by atoms with Crippen LogP contribution in [-0.2, 0) is 11.3 Å². The average molecular weight is 457 g/mol. The third kappa shape index (κ3) is 5.20. The number of hydrogen-bond acceptors (Lipinski definition) is 7. The zero-order chi connectivity index (χ0) is 22.5. The fourth-order valence-electron chi connectivity index (χ4n) is 3.83. The van der Waals surface area contributed by atoms with Gasteiger partial charge in [0.05, 0.1) is 26.7 Å². The van der Waals surface area contributed by atoms with Gasteiger partial charge in [0, 0.05) is 22.8 Å². The summed E-state index contributed by atoms with van der Waals surface area (Å²) in [4.78, 5) is 19.4. The summed E-state index contributed by atoms with van der Waals surface area (Å²) in [5.74, 6) is 2.10. The minimum Gasteiger partial charge on any atom is -0.493 e. The molecule has 0 aliphatic carbocycles. The van der Waals surface area contributed by atoms with Gasteiger partial charge >= 0.3 is 0 Å². The molecule has 4 rings (SSSR count). The quantitative estimate of drug-likeness (QED) is 0.568. The Labute approximate surface area is 191 Å². The van der Waals surface area contributed by atoms with Crippen LogP contribution in [-0.4, -0.2) is 48.3 Å². The second-order valence-electron chi connectivity index (χ2n) is 7.66. The van der Waals surface area contributed by atoms with E-state index < -0.39 is 0 Å². The predicted molar refractivity (Wildman–Crippen MR) is 121 cm³/mol. The number of methoxy groups -OCH3 is 2. The average Bonchev–Trinajstić information content (AvgIpc) is 3.27.